The minimum absolute atomic E-state index is 0.0736. The number of carbonyl (C=O) groups excluding carboxylic acids is 1. The van der Waals surface area contributed by atoms with E-state index in [4.69, 9.17) is 23.2 Å². The van der Waals surface area contributed by atoms with Gasteiger partial charge in [-0.2, -0.15) is 0 Å². The number of fused-ring (bicyclic) bond motifs is 1. The average molecular weight is 348 g/mol. The normalized spacial score (nSPS) is 19.8. The largest absolute Gasteiger partial charge is 0.375 e. The molecule has 1 aliphatic heterocycles. The van der Waals surface area contributed by atoms with Crippen LogP contribution in [0.1, 0.15) is 17.5 Å². The van der Waals surface area contributed by atoms with Crippen molar-refractivity contribution in [2.24, 2.45) is 0 Å². The first kappa shape index (κ1) is 16.1. The van der Waals surface area contributed by atoms with Crippen LogP contribution >= 0.6 is 23.2 Å². The molecule has 0 spiro atoms. The van der Waals surface area contributed by atoms with Crippen molar-refractivity contribution in [1.29, 1.82) is 0 Å². The molecular formula is C18H15Cl2NO2. The van der Waals surface area contributed by atoms with Gasteiger partial charge in [-0.15, -0.1) is 6.58 Å². The maximum Gasteiger partial charge on any atom is 0.264 e. The number of carbonyl (C=O) groups is 1. The molecule has 0 aliphatic carbocycles. The molecule has 0 radical (unpaired) electrons. The fraction of sp³-hybridized carbons (Fsp3) is 0.167. The zero-order valence-corrected chi connectivity index (χ0v) is 13.8. The first-order valence-electron chi connectivity index (χ1n) is 7.16. The zero-order chi connectivity index (χ0) is 16.6. The Bertz CT molecular complexity index is 776. The van der Waals surface area contributed by atoms with Crippen LogP contribution in [0.15, 0.2) is 55.1 Å². The Morgan fingerprint density at radius 3 is 2.43 bits per heavy atom. The SMILES string of the molecule is C=CCC1(O)C(=O)N(Cc2ccccc2)c2c(Cl)ccc(Cl)c21. The van der Waals surface area contributed by atoms with Crippen LogP contribution in [0.2, 0.25) is 10.0 Å². The van der Waals surface area contributed by atoms with Crippen LogP contribution in [0.25, 0.3) is 0 Å². The van der Waals surface area contributed by atoms with E-state index in [-0.39, 0.29) is 6.42 Å². The van der Waals surface area contributed by atoms with Gasteiger partial charge in [0, 0.05) is 17.0 Å². The van der Waals surface area contributed by atoms with Crippen LogP contribution in [0.4, 0.5) is 5.69 Å². The molecule has 1 unspecified atom stereocenters. The van der Waals surface area contributed by atoms with E-state index >= 15 is 0 Å². The molecule has 2 aromatic rings. The molecule has 2 aromatic carbocycles. The fourth-order valence-corrected chi connectivity index (χ4v) is 3.51. The second-order valence-electron chi connectivity index (χ2n) is 5.48. The molecule has 1 amide bonds. The lowest BCUT2D eigenvalue weighted by atomic mass is 9.92. The van der Waals surface area contributed by atoms with Crippen LogP contribution < -0.4 is 4.90 Å². The molecule has 1 atom stereocenters. The van der Waals surface area contributed by atoms with Gasteiger partial charge >= 0.3 is 0 Å². The summed E-state index contributed by atoms with van der Waals surface area (Å²) in [5.41, 5.74) is 0.0315. The van der Waals surface area contributed by atoms with Gasteiger partial charge in [0.1, 0.15) is 0 Å². The Morgan fingerprint density at radius 2 is 1.78 bits per heavy atom. The Hall–Kier alpha value is -1.81. The van der Waals surface area contributed by atoms with Gasteiger partial charge in [-0.25, -0.2) is 0 Å². The van der Waals surface area contributed by atoms with Crippen molar-refractivity contribution in [3.63, 3.8) is 0 Å². The maximum absolute atomic E-state index is 12.9. The van der Waals surface area contributed by atoms with Crippen molar-refractivity contribution in [3.8, 4) is 0 Å². The lowest BCUT2D eigenvalue weighted by Gasteiger charge is -2.22. The van der Waals surface area contributed by atoms with Crippen LogP contribution in [0.5, 0.6) is 0 Å². The predicted octanol–water partition coefficient (Wildman–Crippen LogP) is 4.30. The summed E-state index contributed by atoms with van der Waals surface area (Å²) in [6.07, 6.45) is 1.58. The molecule has 1 aliphatic rings. The second kappa shape index (κ2) is 6.00. The van der Waals surface area contributed by atoms with Crippen LogP contribution in [0.3, 0.4) is 0 Å². The number of hydrogen-bond acceptors (Lipinski definition) is 2. The minimum Gasteiger partial charge on any atom is -0.375 e. The van der Waals surface area contributed by atoms with Crippen molar-refractivity contribution in [3.05, 3.63) is 76.3 Å². The van der Waals surface area contributed by atoms with Crippen LogP contribution in [0, 0.1) is 0 Å². The number of anilines is 1. The highest BCUT2D eigenvalue weighted by Crippen LogP contribution is 2.49. The summed E-state index contributed by atoms with van der Waals surface area (Å²) in [4.78, 5) is 14.4. The third kappa shape index (κ3) is 2.55. The first-order chi connectivity index (χ1) is 11.0. The molecule has 3 rings (SSSR count). The number of amides is 1. The molecule has 0 bridgehead atoms. The third-order valence-electron chi connectivity index (χ3n) is 3.98. The molecule has 0 fully saturated rings. The second-order valence-corrected chi connectivity index (χ2v) is 6.30. The molecule has 23 heavy (non-hydrogen) atoms. The monoisotopic (exact) mass is 347 g/mol. The highest BCUT2D eigenvalue weighted by Gasteiger charge is 2.51. The van der Waals surface area contributed by atoms with Gasteiger partial charge in [0.25, 0.3) is 5.91 Å². The highest BCUT2D eigenvalue weighted by molar-refractivity contribution is 6.38. The summed E-state index contributed by atoms with van der Waals surface area (Å²) < 4.78 is 0. The van der Waals surface area contributed by atoms with E-state index in [1.807, 2.05) is 30.3 Å². The van der Waals surface area contributed by atoms with Crippen molar-refractivity contribution >= 4 is 34.8 Å². The summed E-state index contributed by atoms with van der Waals surface area (Å²) in [6, 6.07) is 12.7. The van der Waals surface area contributed by atoms with Gasteiger partial charge in [-0.3, -0.25) is 4.79 Å². The quantitative estimate of drug-likeness (QED) is 0.837. The zero-order valence-electron chi connectivity index (χ0n) is 12.3. The summed E-state index contributed by atoms with van der Waals surface area (Å²) in [6.45, 7) is 3.94. The van der Waals surface area contributed by atoms with Gasteiger partial charge in [-0.05, 0) is 17.7 Å². The third-order valence-corrected chi connectivity index (χ3v) is 4.60. The molecule has 118 valence electrons. The first-order valence-corrected chi connectivity index (χ1v) is 7.92. The molecule has 0 saturated carbocycles. The molecule has 0 saturated heterocycles. The summed E-state index contributed by atoms with van der Waals surface area (Å²) in [5, 5.41) is 11.7. The number of rotatable bonds is 4. The lowest BCUT2D eigenvalue weighted by Crippen LogP contribution is -2.39. The van der Waals surface area contributed by atoms with Crippen molar-refractivity contribution in [2.45, 2.75) is 18.6 Å². The Morgan fingerprint density at radius 1 is 1.13 bits per heavy atom. The van der Waals surface area contributed by atoms with Gasteiger partial charge < -0.3 is 10.0 Å². The number of benzene rings is 2. The van der Waals surface area contributed by atoms with Gasteiger partial charge in [0.15, 0.2) is 5.60 Å². The summed E-state index contributed by atoms with van der Waals surface area (Å²) in [7, 11) is 0. The lowest BCUT2D eigenvalue weighted by molar-refractivity contribution is -0.135. The Kier molecular flexibility index (Phi) is 4.19. The standard InChI is InChI=1S/C18H15Cl2NO2/c1-2-10-18(23)15-13(19)8-9-14(20)16(15)21(17(18)22)11-12-6-4-3-5-7-12/h2-9,23H,1,10-11H2. The number of halogens is 2. The minimum atomic E-state index is -1.73. The van der Waals surface area contributed by atoms with E-state index < -0.39 is 11.5 Å². The van der Waals surface area contributed by atoms with Crippen molar-refractivity contribution in [1.82, 2.24) is 0 Å². The molecular weight excluding hydrogens is 333 g/mol. The van der Waals surface area contributed by atoms with E-state index in [0.717, 1.165) is 5.56 Å². The Balaban J connectivity index is 2.15. The van der Waals surface area contributed by atoms with Crippen molar-refractivity contribution < 1.29 is 9.90 Å². The number of hydrogen-bond donors (Lipinski definition) is 1. The topological polar surface area (TPSA) is 40.5 Å². The summed E-state index contributed by atoms with van der Waals surface area (Å²) >= 11 is 12.6. The van der Waals surface area contributed by atoms with Crippen LogP contribution in [-0.4, -0.2) is 11.0 Å². The van der Waals surface area contributed by atoms with Crippen LogP contribution in [-0.2, 0) is 16.9 Å². The van der Waals surface area contributed by atoms with E-state index in [9.17, 15) is 9.90 Å². The highest BCUT2D eigenvalue weighted by atomic mass is 35.5. The van der Waals surface area contributed by atoms with Gasteiger partial charge in [0.2, 0.25) is 0 Å². The molecule has 5 heteroatoms. The summed E-state index contributed by atoms with van der Waals surface area (Å²) in [5.74, 6) is -0.439. The predicted molar refractivity (Wildman–Crippen MR) is 92.8 cm³/mol. The number of nitrogens with zero attached hydrogens (tertiary/aromatic N) is 1. The van der Waals surface area contributed by atoms with Gasteiger partial charge in [0.05, 0.1) is 17.3 Å². The fourth-order valence-electron chi connectivity index (χ4n) is 2.95. The van der Waals surface area contributed by atoms with E-state index in [1.165, 1.54) is 11.0 Å². The molecule has 1 N–H and O–H groups in total. The Labute approximate surface area is 144 Å². The van der Waals surface area contributed by atoms with Gasteiger partial charge in [-0.1, -0.05) is 59.6 Å². The van der Waals surface area contributed by atoms with E-state index in [1.54, 1.807) is 12.1 Å². The molecule has 3 nitrogen and oxygen atoms in total. The van der Waals surface area contributed by atoms with Crippen molar-refractivity contribution in [2.75, 3.05) is 4.90 Å². The van der Waals surface area contributed by atoms with E-state index in [0.29, 0.717) is 27.8 Å². The van der Waals surface area contributed by atoms with E-state index in [2.05, 4.69) is 6.58 Å². The molecule has 1 heterocycles. The average Bonchev–Trinajstić information content (AvgIpc) is 2.75. The molecule has 0 aromatic heterocycles. The number of aliphatic hydroxyl groups is 1. The maximum atomic E-state index is 12.9. The smallest absolute Gasteiger partial charge is 0.264 e.